The van der Waals surface area contributed by atoms with E-state index in [1.165, 1.54) is 11.3 Å². The zero-order valence-electron chi connectivity index (χ0n) is 14.7. The third-order valence-electron chi connectivity index (χ3n) is 5.29. The number of nitrogens with zero attached hydrogens (tertiary/aromatic N) is 2. The van der Waals surface area contributed by atoms with Gasteiger partial charge < -0.3 is 9.30 Å². The molecule has 3 aromatic rings. The lowest BCUT2D eigenvalue weighted by Gasteiger charge is -2.31. The number of likely N-dealkylation sites (N-methyl/N-ethyl adjacent to an activating group) is 1. The lowest BCUT2D eigenvalue weighted by atomic mass is 9.97. The van der Waals surface area contributed by atoms with Crippen LogP contribution >= 0.6 is 0 Å². The molecule has 1 atom stereocenters. The molecule has 0 saturated carbocycles. The Kier molecular flexibility index (Phi) is 4.22. The molecule has 3 nitrogen and oxygen atoms in total. The summed E-state index contributed by atoms with van der Waals surface area (Å²) in [7, 11) is 2.13. The number of hydrogen-bond donors (Lipinski definition) is 0. The van der Waals surface area contributed by atoms with Crippen molar-refractivity contribution in [1.29, 1.82) is 0 Å². The Bertz CT molecular complexity index is 888. The molecule has 4 heteroatoms. The third-order valence-corrected chi connectivity index (χ3v) is 5.29. The number of rotatable bonds is 4. The minimum absolute atomic E-state index is 0.151. The fourth-order valence-corrected chi connectivity index (χ4v) is 3.89. The van der Waals surface area contributed by atoms with Gasteiger partial charge in [0, 0.05) is 30.1 Å². The molecule has 1 aliphatic rings. The molecule has 2 aromatic carbocycles. The summed E-state index contributed by atoms with van der Waals surface area (Å²) in [4.78, 5) is 2.33. The van der Waals surface area contributed by atoms with Gasteiger partial charge in [-0.15, -0.1) is 0 Å². The van der Waals surface area contributed by atoms with Crippen LogP contribution in [0.15, 0.2) is 48.5 Å². The number of hydrogen-bond acceptors (Lipinski definition) is 2. The summed E-state index contributed by atoms with van der Waals surface area (Å²) in [6.45, 7) is 4.37. The molecule has 0 saturated heterocycles. The van der Waals surface area contributed by atoms with Gasteiger partial charge in [-0.1, -0.05) is 30.3 Å². The van der Waals surface area contributed by atoms with E-state index in [1.807, 2.05) is 42.5 Å². The van der Waals surface area contributed by atoms with Gasteiger partial charge in [-0.3, -0.25) is 4.90 Å². The van der Waals surface area contributed by atoms with Gasteiger partial charge in [-0.05, 0) is 37.7 Å². The fourth-order valence-electron chi connectivity index (χ4n) is 3.89. The van der Waals surface area contributed by atoms with Gasteiger partial charge in [0.1, 0.15) is 18.2 Å². The van der Waals surface area contributed by atoms with E-state index in [0.29, 0.717) is 24.7 Å². The van der Waals surface area contributed by atoms with Crippen LogP contribution in [0.1, 0.15) is 24.2 Å². The van der Waals surface area contributed by atoms with E-state index >= 15 is 0 Å². The summed E-state index contributed by atoms with van der Waals surface area (Å²) in [5, 5.41) is 1.04. The molecular formula is C21H23FN2O. The second kappa shape index (κ2) is 6.52. The Balaban J connectivity index is 1.71. The molecule has 0 aliphatic carbocycles. The highest BCUT2D eigenvalue weighted by Gasteiger charge is 2.28. The van der Waals surface area contributed by atoms with E-state index in [0.717, 1.165) is 24.1 Å². The minimum Gasteiger partial charge on any atom is -0.492 e. The van der Waals surface area contributed by atoms with Crippen LogP contribution in [-0.2, 0) is 13.0 Å². The molecule has 4 rings (SSSR count). The molecule has 0 amide bonds. The molecule has 25 heavy (non-hydrogen) atoms. The van der Waals surface area contributed by atoms with Crippen LogP contribution in [-0.4, -0.2) is 29.7 Å². The first-order valence-corrected chi connectivity index (χ1v) is 8.84. The number of ether oxygens (including phenoxy) is 1. The van der Waals surface area contributed by atoms with Crippen molar-refractivity contribution in [2.45, 2.75) is 25.9 Å². The van der Waals surface area contributed by atoms with E-state index in [2.05, 4.69) is 23.4 Å². The highest BCUT2D eigenvalue weighted by Crippen LogP contribution is 2.37. The van der Waals surface area contributed by atoms with Crippen LogP contribution < -0.4 is 4.74 Å². The second-order valence-electron chi connectivity index (χ2n) is 6.72. The van der Waals surface area contributed by atoms with Crippen LogP contribution in [0.3, 0.4) is 0 Å². The van der Waals surface area contributed by atoms with Gasteiger partial charge in [0.15, 0.2) is 0 Å². The summed E-state index contributed by atoms with van der Waals surface area (Å²) in [5.74, 6) is 0.697. The van der Waals surface area contributed by atoms with Gasteiger partial charge in [0.2, 0.25) is 0 Å². The van der Waals surface area contributed by atoms with Crippen molar-refractivity contribution in [2.24, 2.45) is 0 Å². The quantitative estimate of drug-likeness (QED) is 0.701. The SMILES string of the molecule is CC1c2c(n(CCOc3ccccc3)c3c(F)cccc23)CCN1C. The van der Waals surface area contributed by atoms with E-state index in [9.17, 15) is 4.39 Å². The summed E-state index contributed by atoms with van der Waals surface area (Å²) in [6, 6.07) is 15.5. The summed E-state index contributed by atoms with van der Waals surface area (Å²) >= 11 is 0. The van der Waals surface area contributed by atoms with Gasteiger partial charge >= 0.3 is 0 Å². The third kappa shape index (κ3) is 2.81. The van der Waals surface area contributed by atoms with E-state index in [4.69, 9.17) is 4.74 Å². The maximum atomic E-state index is 14.6. The predicted octanol–water partition coefficient (Wildman–Crippen LogP) is 4.41. The minimum atomic E-state index is -0.151. The molecule has 0 fully saturated rings. The Morgan fingerprint density at radius 1 is 1.12 bits per heavy atom. The van der Waals surface area contributed by atoms with Crippen molar-refractivity contribution in [3.63, 3.8) is 0 Å². The Hall–Kier alpha value is -2.33. The number of fused-ring (bicyclic) bond motifs is 3. The molecule has 2 heterocycles. The molecule has 1 unspecified atom stereocenters. The number of benzene rings is 2. The summed E-state index contributed by atoms with van der Waals surface area (Å²) < 4.78 is 22.6. The smallest absolute Gasteiger partial charge is 0.147 e. The molecular weight excluding hydrogens is 315 g/mol. The normalized spacial score (nSPS) is 17.6. The van der Waals surface area contributed by atoms with Crippen LogP contribution in [0.2, 0.25) is 0 Å². The Labute approximate surface area is 147 Å². The van der Waals surface area contributed by atoms with Crippen molar-refractivity contribution in [3.05, 3.63) is 65.6 Å². The first-order valence-electron chi connectivity index (χ1n) is 8.84. The zero-order chi connectivity index (χ0) is 17.4. The van der Waals surface area contributed by atoms with Gasteiger partial charge in [-0.25, -0.2) is 4.39 Å². The Morgan fingerprint density at radius 2 is 1.92 bits per heavy atom. The monoisotopic (exact) mass is 338 g/mol. The van der Waals surface area contributed by atoms with E-state index in [-0.39, 0.29) is 5.82 Å². The van der Waals surface area contributed by atoms with Crippen molar-refractivity contribution >= 4 is 10.9 Å². The van der Waals surface area contributed by atoms with Crippen molar-refractivity contribution in [3.8, 4) is 5.75 Å². The molecule has 0 N–H and O–H groups in total. The maximum absolute atomic E-state index is 14.6. The molecule has 0 spiro atoms. The van der Waals surface area contributed by atoms with Gasteiger partial charge in [0.25, 0.3) is 0 Å². The molecule has 130 valence electrons. The zero-order valence-corrected chi connectivity index (χ0v) is 14.7. The van der Waals surface area contributed by atoms with Crippen LogP contribution in [0.5, 0.6) is 5.75 Å². The standard InChI is InChI=1S/C21H23FN2O/c1-15-20-17-9-6-10-18(22)21(17)24(19(20)11-12-23(15)2)13-14-25-16-7-4-3-5-8-16/h3-10,15H,11-14H2,1-2H3. The summed E-state index contributed by atoms with van der Waals surface area (Å²) in [5.41, 5.74) is 3.23. The number of halogens is 1. The largest absolute Gasteiger partial charge is 0.492 e. The van der Waals surface area contributed by atoms with E-state index < -0.39 is 0 Å². The van der Waals surface area contributed by atoms with Gasteiger partial charge in [0.05, 0.1) is 12.1 Å². The average molecular weight is 338 g/mol. The van der Waals surface area contributed by atoms with Crippen molar-refractivity contribution in [1.82, 2.24) is 9.47 Å². The van der Waals surface area contributed by atoms with E-state index in [1.54, 1.807) is 6.07 Å². The highest BCUT2D eigenvalue weighted by molar-refractivity contribution is 5.87. The first-order chi connectivity index (χ1) is 12.2. The molecule has 0 bridgehead atoms. The number of para-hydroxylation sites is 2. The van der Waals surface area contributed by atoms with Crippen molar-refractivity contribution in [2.75, 3.05) is 20.2 Å². The first kappa shape index (κ1) is 16.2. The lowest BCUT2D eigenvalue weighted by Crippen LogP contribution is -2.31. The maximum Gasteiger partial charge on any atom is 0.147 e. The molecule has 1 aliphatic heterocycles. The lowest BCUT2D eigenvalue weighted by molar-refractivity contribution is 0.242. The molecule has 0 radical (unpaired) electrons. The second-order valence-corrected chi connectivity index (χ2v) is 6.72. The van der Waals surface area contributed by atoms with Crippen molar-refractivity contribution < 1.29 is 9.13 Å². The predicted molar refractivity (Wildman–Crippen MR) is 98.6 cm³/mol. The van der Waals surface area contributed by atoms with Crippen LogP contribution in [0.4, 0.5) is 4.39 Å². The fraction of sp³-hybridized carbons (Fsp3) is 0.333. The van der Waals surface area contributed by atoms with Crippen LogP contribution in [0, 0.1) is 5.82 Å². The molecule has 1 aromatic heterocycles. The van der Waals surface area contributed by atoms with Gasteiger partial charge in [-0.2, -0.15) is 0 Å². The topological polar surface area (TPSA) is 17.4 Å². The highest BCUT2D eigenvalue weighted by atomic mass is 19.1. The summed E-state index contributed by atoms with van der Waals surface area (Å²) in [6.07, 6.45) is 0.940. The average Bonchev–Trinajstić information content (AvgIpc) is 2.95. The Morgan fingerprint density at radius 3 is 2.72 bits per heavy atom. The van der Waals surface area contributed by atoms with Crippen LogP contribution in [0.25, 0.3) is 10.9 Å². The number of aromatic nitrogens is 1.